The Morgan fingerprint density at radius 1 is 0.767 bits per heavy atom. The van der Waals surface area contributed by atoms with Crippen molar-refractivity contribution >= 4 is 0 Å². The maximum atomic E-state index is 5.73. The van der Waals surface area contributed by atoms with Gasteiger partial charge in [0.1, 0.15) is 0 Å². The molecule has 2 aromatic rings. The summed E-state index contributed by atoms with van der Waals surface area (Å²) in [6.07, 6.45) is 17.8. The van der Waals surface area contributed by atoms with Crippen LogP contribution < -0.4 is 0 Å². The number of benzene rings is 2. The van der Waals surface area contributed by atoms with Crippen LogP contribution >= 0.6 is 0 Å². The maximum Gasteiger partial charge on any atom is 0.0717 e. The highest BCUT2D eigenvalue weighted by molar-refractivity contribution is 5.64. The fourth-order valence-corrected chi connectivity index (χ4v) is 4.53. The van der Waals surface area contributed by atoms with Gasteiger partial charge >= 0.3 is 0 Å². The van der Waals surface area contributed by atoms with Crippen molar-refractivity contribution in [1.29, 1.82) is 0 Å². The third-order valence-corrected chi connectivity index (χ3v) is 6.43. The molecule has 2 aromatic carbocycles. The van der Waals surface area contributed by atoms with Crippen LogP contribution in [0.2, 0.25) is 0 Å². The summed E-state index contributed by atoms with van der Waals surface area (Å²) >= 11 is 0. The second kappa shape index (κ2) is 12.5. The van der Waals surface area contributed by atoms with E-state index in [2.05, 4.69) is 79.8 Å². The van der Waals surface area contributed by atoms with E-state index in [0.717, 1.165) is 24.9 Å². The molecule has 1 aliphatic rings. The van der Waals surface area contributed by atoms with E-state index >= 15 is 0 Å². The van der Waals surface area contributed by atoms with Crippen LogP contribution in [0.1, 0.15) is 75.8 Å². The second-order valence-corrected chi connectivity index (χ2v) is 8.59. The molecule has 1 heteroatoms. The zero-order chi connectivity index (χ0) is 21.0. The van der Waals surface area contributed by atoms with Gasteiger partial charge in [-0.25, -0.2) is 0 Å². The van der Waals surface area contributed by atoms with Gasteiger partial charge in [0.05, 0.1) is 13.2 Å². The molecule has 0 atom stereocenters. The molecular weight excluding hydrogens is 364 g/mol. The largest absolute Gasteiger partial charge is 0.376 e. The first-order valence-electron chi connectivity index (χ1n) is 11.8. The van der Waals surface area contributed by atoms with Gasteiger partial charge in [-0.15, -0.1) is 0 Å². The minimum Gasteiger partial charge on any atom is -0.376 e. The van der Waals surface area contributed by atoms with E-state index in [0.29, 0.717) is 6.61 Å². The molecule has 0 radical (unpaired) electrons. The van der Waals surface area contributed by atoms with Crippen molar-refractivity contribution in [3.63, 3.8) is 0 Å². The van der Waals surface area contributed by atoms with E-state index in [-0.39, 0.29) is 0 Å². The smallest absolute Gasteiger partial charge is 0.0717 e. The molecule has 0 unspecified atom stereocenters. The van der Waals surface area contributed by atoms with Crippen LogP contribution in [-0.4, -0.2) is 6.61 Å². The highest BCUT2D eigenvalue weighted by atomic mass is 16.5. The third-order valence-electron chi connectivity index (χ3n) is 6.43. The van der Waals surface area contributed by atoms with Crippen LogP contribution in [0.5, 0.6) is 0 Å². The lowest BCUT2D eigenvalue weighted by molar-refractivity contribution is 0.125. The predicted molar refractivity (Wildman–Crippen MR) is 130 cm³/mol. The first kappa shape index (κ1) is 22.6. The zero-order valence-electron chi connectivity index (χ0n) is 18.9. The van der Waals surface area contributed by atoms with E-state index in [1.807, 2.05) is 6.92 Å². The molecular formula is C29H38O. The summed E-state index contributed by atoms with van der Waals surface area (Å²) in [6, 6.07) is 18.1. The quantitative estimate of drug-likeness (QED) is 0.286. The molecule has 30 heavy (non-hydrogen) atoms. The highest BCUT2D eigenvalue weighted by Gasteiger charge is 2.21. The molecule has 1 fully saturated rings. The van der Waals surface area contributed by atoms with Crippen molar-refractivity contribution in [2.75, 3.05) is 6.61 Å². The topological polar surface area (TPSA) is 9.23 Å². The first-order valence-corrected chi connectivity index (χ1v) is 11.8. The summed E-state index contributed by atoms with van der Waals surface area (Å²) in [5, 5.41) is 0. The van der Waals surface area contributed by atoms with Gasteiger partial charge in [0.25, 0.3) is 0 Å². The molecule has 0 bridgehead atoms. The number of hydrogen-bond acceptors (Lipinski definition) is 1. The summed E-state index contributed by atoms with van der Waals surface area (Å²) in [7, 11) is 0. The Balaban J connectivity index is 1.48. The van der Waals surface area contributed by atoms with Crippen LogP contribution in [0.4, 0.5) is 0 Å². The number of ether oxygens (including phenoxy) is 1. The average Bonchev–Trinajstić information content (AvgIpc) is 2.80. The van der Waals surface area contributed by atoms with E-state index < -0.39 is 0 Å². The third kappa shape index (κ3) is 6.99. The Morgan fingerprint density at radius 3 is 2.00 bits per heavy atom. The predicted octanol–water partition coefficient (Wildman–Crippen LogP) is 8.47. The highest BCUT2D eigenvalue weighted by Crippen LogP contribution is 2.38. The summed E-state index contributed by atoms with van der Waals surface area (Å²) < 4.78 is 5.73. The van der Waals surface area contributed by atoms with Gasteiger partial charge in [-0.2, -0.15) is 0 Å². The van der Waals surface area contributed by atoms with Gasteiger partial charge in [-0.3, -0.25) is 0 Å². The van der Waals surface area contributed by atoms with Crippen molar-refractivity contribution in [3.05, 3.63) is 84.0 Å². The number of allylic oxidation sites excluding steroid dienone is 3. The molecule has 0 spiro atoms. The van der Waals surface area contributed by atoms with Gasteiger partial charge in [-0.05, 0) is 92.9 Å². The lowest BCUT2D eigenvalue weighted by atomic mass is 9.77. The lowest BCUT2D eigenvalue weighted by Crippen LogP contribution is -2.13. The maximum absolute atomic E-state index is 5.73. The van der Waals surface area contributed by atoms with Crippen LogP contribution in [-0.2, 0) is 11.3 Å². The normalized spacial score (nSPS) is 19.7. The van der Waals surface area contributed by atoms with E-state index in [1.165, 1.54) is 60.8 Å². The molecule has 0 saturated heterocycles. The van der Waals surface area contributed by atoms with Crippen molar-refractivity contribution in [1.82, 2.24) is 0 Å². The first-order chi connectivity index (χ1) is 14.8. The molecule has 3 rings (SSSR count). The SMILES string of the molecule is CC=CCCOCc1ccc(-c2ccc(C3CCC(CCC=CC)CC3)cc2)cc1. The minimum absolute atomic E-state index is 0.689. The van der Waals surface area contributed by atoms with Gasteiger partial charge in [0, 0.05) is 0 Å². The molecule has 1 nitrogen and oxygen atoms in total. The summed E-state index contributed by atoms with van der Waals surface area (Å²) in [5.41, 5.74) is 5.35. The Labute approximate surface area is 183 Å². The molecule has 0 aliphatic heterocycles. The van der Waals surface area contributed by atoms with E-state index in [4.69, 9.17) is 4.74 Å². The Bertz CT molecular complexity index is 774. The molecule has 0 aromatic heterocycles. The molecule has 1 aliphatic carbocycles. The molecule has 1 saturated carbocycles. The lowest BCUT2D eigenvalue weighted by Gasteiger charge is -2.28. The summed E-state index contributed by atoms with van der Waals surface area (Å²) in [4.78, 5) is 0. The summed E-state index contributed by atoms with van der Waals surface area (Å²) in [6.45, 7) is 5.64. The second-order valence-electron chi connectivity index (χ2n) is 8.59. The molecule has 160 valence electrons. The van der Waals surface area contributed by atoms with E-state index in [1.54, 1.807) is 0 Å². The Kier molecular flexibility index (Phi) is 9.44. The standard InChI is InChI=1S/C29H38O/c1-3-5-7-9-24-10-14-26(15-11-24)28-18-20-29(21-19-28)27-16-12-25(13-17-27)23-30-22-8-6-4-2/h3-6,12-13,16-21,24,26H,7-11,14-15,22-23H2,1-2H3. The molecule has 0 heterocycles. The van der Waals surface area contributed by atoms with Gasteiger partial charge in [0.2, 0.25) is 0 Å². The van der Waals surface area contributed by atoms with Crippen LogP contribution in [0.3, 0.4) is 0 Å². The van der Waals surface area contributed by atoms with Gasteiger partial charge in [0.15, 0.2) is 0 Å². The van der Waals surface area contributed by atoms with Crippen LogP contribution in [0.25, 0.3) is 11.1 Å². The minimum atomic E-state index is 0.689. The number of hydrogen-bond donors (Lipinski definition) is 0. The summed E-state index contributed by atoms with van der Waals surface area (Å²) in [5.74, 6) is 1.68. The molecule has 0 N–H and O–H groups in total. The Morgan fingerprint density at radius 2 is 1.37 bits per heavy atom. The van der Waals surface area contributed by atoms with Gasteiger partial charge in [-0.1, -0.05) is 72.8 Å². The zero-order valence-corrected chi connectivity index (χ0v) is 18.9. The number of rotatable bonds is 10. The fourth-order valence-electron chi connectivity index (χ4n) is 4.53. The van der Waals surface area contributed by atoms with Crippen molar-refractivity contribution in [2.24, 2.45) is 5.92 Å². The van der Waals surface area contributed by atoms with Gasteiger partial charge < -0.3 is 4.74 Å². The van der Waals surface area contributed by atoms with E-state index in [9.17, 15) is 0 Å². The monoisotopic (exact) mass is 402 g/mol. The van der Waals surface area contributed by atoms with Crippen molar-refractivity contribution < 1.29 is 4.74 Å². The Hall–Kier alpha value is -2.12. The van der Waals surface area contributed by atoms with Crippen LogP contribution in [0, 0.1) is 5.92 Å². The van der Waals surface area contributed by atoms with Crippen molar-refractivity contribution in [2.45, 2.75) is 71.3 Å². The molecule has 0 amide bonds. The fraction of sp³-hybridized carbons (Fsp3) is 0.448. The van der Waals surface area contributed by atoms with Crippen molar-refractivity contribution in [3.8, 4) is 11.1 Å². The average molecular weight is 403 g/mol. The van der Waals surface area contributed by atoms with Crippen LogP contribution in [0.15, 0.2) is 72.8 Å².